The van der Waals surface area contributed by atoms with Gasteiger partial charge < -0.3 is 5.73 Å². The van der Waals surface area contributed by atoms with Crippen LogP contribution in [-0.2, 0) is 6.54 Å². The Bertz CT molecular complexity index is 396. The van der Waals surface area contributed by atoms with E-state index in [1.807, 2.05) is 30.3 Å². The number of rotatable bonds is 1. The minimum atomic E-state index is 0.576. The Kier molecular flexibility index (Phi) is 1.76. The SMILES string of the molecule is NCc1ccc2cccnc2c1. The van der Waals surface area contributed by atoms with E-state index >= 15 is 0 Å². The molecule has 2 nitrogen and oxygen atoms in total. The standard InChI is InChI=1S/C10H10N2/c11-7-8-3-4-9-2-1-5-12-10(9)6-8/h1-6H,7,11H2. The van der Waals surface area contributed by atoms with Crippen molar-refractivity contribution in [2.75, 3.05) is 0 Å². The summed E-state index contributed by atoms with van der Waals surface area (Å²) < 4.78 is 0. The van der Waals surface area contributed by atoms with Crippen molar-refractivity contribution in [2.45, 2.75) is 6.54 Å². The molecular formula is C10H10N2. The molecule has 1 aromatic carbocycles. The van der Waals surface area contributed by atoms with Crippen molar-refractivity contribution in [3.8, 4) is 0 Å². The first-order valence-electron chi connectivity index (χ1n) is 3.94. The number of aromatic nitrogens is 1. The van der Waals surface area contributed by atoms with Gasteiger partial charge >= 0.3 is 0 Å². The number of nitrogens with two attached hydrogens (primary N) is 1. The lowest BCUT2D eigenvalue weighted by molar-refractivity contribution is 1.07. The predicted molar refractivity (Wildman–Crippen MR) is 49.6 cm³/mol. The van der Waals surface area contributed by atoms with Crippen LogP contribution in [0.4, 0.5) is 0 Å². The van der Waals surface area contributed by atoms with E-state index in [4.69, 9.17) is 5.73 Å². The predicted octanol–water partition coefficient (Wildman–Crippen LogP) is 1.69. The molecule has 2 N–H and O–H groups in total. The molecule has 1 aromatic heterocycles. The van der Waals surface area contributed by atoms with E-state index in [2.05, 4.69) is 4.98 Å². The lowest BCUT2D eigenvalue weighted by atomic mass is 10.1. The van der Waals surface area contributed by atoms with E-state index in [1.54, 1.807) is 6.20 Å². The van der Waals surface area contributed by atoms with Crippen molar-refractivity contribution in [2.24, 2.45) is 5.73 Å². The third kappa shape index (κ3) is 1.17. The number of benzene rings is 1. The maximum atomic E-state index is 5.51. The van der Waals surface area contributed by atoms with Crippen LogP contribution < -0.4 is 5.73 Å². The molecule has 0 spiro atoms. The van der Waals surface area contributed by atoms with E-state index in [9.17, 15) is 0 Å². The van der Waals surface area contributed by atoms with Gasteiger partial charge in [0.05, 0.1) is 5.52 Å². The van der Waals surface area contributed by atoms with Gasteiger partial charge in [0, 0.05) is 18.1 Å². The summed E-state index contributed by atoms with van der Waals surface area (Å²) >= 11 is 0. The summed E-state index contributed by atoms with van der Waals surface area (Å²) in [5, 5.41) is 1.16. The van der Waals surface area contributed by atoms with Crippen LogP contribution in [0.5, 0.6) is 0 Å². The van der Waals surface area contributed by atoms with Gasteiger partial charge in [-0.25, -0.2) is 0 Å². The molecule has 60 valence electrons. The zero-order chi connectivity index (χ0) is 8.39. The van der Waals surface area contributed by atoms with E-state index in [1.165, 1.54) is 0 Å². The van der Waals surface area contributed by atoms with Crippen molar-refractivity contribution in [3.63, 3.8) is 0 Å². The quantitative estimate of drug-likeness (QED) is 0.686. The van der Waals surface area contributed by atoms with Crippen LogP contribution in [0, 0.1) is 0 Å². The molecule has 0 unspecified atom stereocenters. The van der Waals surface area contributed by atoms with Crippen LogP contribution in [-0.4, -0.2) is 4.98 Å². The van der Waals surface area contributed by atoms with Gasteiger partial charge in [-0.1, -0.05) is 18.2 Å². The molecule has 0 aliphatic heterocycles. The molecule has 2 heteroatoms. The van der Waals surface area contributed by atoms with E-state index in [0.29, 0.717) is 6.54 Å². The summed E-state index contributed by atoms with van der Waals surface area (Å²) in [5.41, 5.74) is 7.65. The van der Waals surface area contributed by atoms with Gasteiger partial charge in [0.1, 0.15) is 0 Å². The fourth-order valence-corrected chi connectivity index (χ4v) is 1.24. The first kappa shape index (κ1) is 7.25. The third-order valence-electron chi connectivity index (χ3n) is 1.91. The molecule has 0 radical (unpaired) electrons. The van der Waals surface area contributed by atoms with Crippen LogP contribution in [0.15, 0.2) is 36.5 Å². The maximum absolute atomic E-state index is 5.51. The highest BCUT2D eigenvalue weighted by atomic mass is 14.6. The van der Waals surface area contributed by atoms with E-state index < -0.39 is 0 Å². The minimum Gasteiger partial charge on any atom is -0.326 e. The average Bonchev–Trinajstić information content (AvgIpc) is 2.17. The molecule has 0 fully saturated rings. The van der Waals surface area contributed by atoms with Crippen molar-refractivity contribution in [1.82, 2.24) is 4.98 Å². The third-order valence-corrected chi connectivity index (χ3v) is 1.91. The van der Waals surface area contributed by atoms with Gasteiger partial charge in [0.15, 0.2) is 0 Å². The molecule has 0 saturated heterocycles. The first-order valence-corrected chi connectivity index (χ1v) is 3.94. The summed E-state index contributed by atoms with van der Waals surface area (Å²) in [7, 11) is 0. The molecule has 0 atom stereocenters. The van der Waals surface area contributed by atoms with Crippen LogP contribution in [0.3, 0.4) is 0 Å². The monoisotopic (exact) mass is 158 g/mol. The zero-order valence-corrected chi connectivity index (χ0v) is 6.70. The molecule has 0 aliphatic carbocycles. The number of hydrogen-bond acceptors (Lipinski definition) is 2. The Balaban J connectivity index is 2.67. The second kappa shape index (κ2) is 2.91. The largest absolute Gasteiger partial charge is 0.326 e. The van der Waals surface area contributed by atoms with Gasteiger partial charge in [-0.15, -0.1) is 0 Å². The van der Waals surface area contributed by atoms with Crippen molar-refractivity contribution in [1.29, 1.82) is 0 Å². The second-order valence-electron chi connectivity index (χ2n) is 2.73. The second-order valence-corrected chi connectivity index (χ2v) is 2.73. The summed E-state index contributed by atoms with van der Waals surface area (Å²) in [6.07, 6.45) is 1.79. The van der Waals surface area contributed by atoms with Crippen LogP contribution in [0.1, 0.15) is 5.56 Å². The summed E-state index contributed by atoms with van der Waals surface area (Å²) in [6.45, 7) is 0.576. The molecule has 1 heterocycles. The molecule has 0 aliphatic rings. The fourth-order valence-electron chi connectivity index (χ4n) is 1.24. The Labute approximate surface area is 71.0 Å². The molecule has 12 heavy (non-hydrogen) atoms. The van der Waals surface area contributed by atoms with Gasteiger partial charge in [-0.3, -0.25) is 4.98 Å². The maximum Gasteiger partial charge on any atom is 0.0705 e. The Hall–Kier alpha value is -1.41. The lowest BCUT2D eigenvalue weighted by Crippen LogP contribution is -1.95. The molecule has 2 rings (SSSR count). The van der Waals surface area contributed by atoms with Gasteiger partial charge in [-0.2, -0.15) is 0 Å². The highest BCUT2D eigenvalue weighted by Crippen LogP contribution is 2.12. The van der Waals surface area contributed by atoms with Gasteiger partial charge in [0.25, 0.3) is 0 Å². The summed E-state index contributed by atoms with van der Waals surface area (Å²) in [5.74, 6) is 0. The highest BCUT2D eigenvalue weighted by molar-refractivity contribution is 5.78. The summed E-state index contributed by atoms with van der Waals surface area (Å²) in [6, 6.07) is 10.1. The lowest BCUT2D eigenvalue weighted by Gasteiger charge is -1.98. The van der Waals surface area contributed by atoms with E-state index in [-0.39, 0.29) is 0 Å². The summed E-state index contributed by atoms with van der Waals surface area (Å²) in [4.78, 5) is 4.23. The molecule has 2 aromatic rings. The van der Waals surface area contributed by atoms with Gasteiger partial charge in [0.2, 0.25) is 0 Å². The van der Waals surface area contributed by atoms with Gasteiger partial charge in [-0.05, 0) is 17.7 Å². The normalized spacial score (nSPS) is 10.4. The van der Waals surface area contributed by atoms with E-state index in [0.717, 1.165) is 16.5 Å². The topological polar surface area (TPSA) is 38.9 Å². The molecular weight excluding hydrogens is 148 g/mol. The van der Waals surface area contributed by atoms with Crippen molar-refractivity contribution < 1.29 is 0 Å². The number of nitrogens with zero attached hydrogens (tertiary/aromatic N) is 1. The number of fused-ring (bicyclic) bond motifs is 1. The van der Waals surface area contributed by atoms with Crippen LogP contribution in [0.2, 0.25) is 0 Å². The Morgan fingerprint density at radius 1 is 1.25 bits per heavy atom. The minimum absolute atomic E-state index is 0.576. The Morgan fingerprint density at radius 2 is 2.17 bits per heavy atom. The average molecular weight is 158 g/mol. The van der Waals surface area contributed by atoms with Crippen molar-refractivity contribution in [3.05, 3.63) is 42.1 Å². The van der Waals surface area contributed by atoms with Crippen LogP contribution >= 0.6 is 0 Å². The number of hydrogen-bond donors (Lipinski definition) is 1. The van der Waals surface area contributed by atoms with Crippen LogP contribution in [0.25, 0.3) is 10.9 Å². The number of pyridine rings is 1. The fraction of sp³-hybridized carbons (Fsp3) is 0.100. The smallest absolute Gasteiger partial charge is 0.0705 e. The highest BCUT2D eigenvalue weighted by Gasteiger charge is 1.93. The Morgan fingerprint density at radius 3 is 3.00 bits per heavy atom. The zero-order valence-electron chi connectivity index (χ0n) is 6.70. The first-order chi connectivity index (χ1) is 5.90. The molecule has 0 bridgehead atoms. The molecule has 0 amide bonds. The van der Waals surface area contributed by atoms with Crippen molar-refractivity contribution >= 4 is 10.9 Å². The molecule has 0 saturated carbocycles.